The number of thiazole rings is 1. The van der Waals surface area contributed by atoms with Gasteiger partial charge in [0.2, 0.25) is 5.75 Å². The van der Waals surface area contributed by atoms with Crippen LogP contribution >= 0.6 is 11.3 Å². The van der Waals surface area contributed by atoms with E-state index in [0.717, 1.165) is 39.8 Å². The third-order valence-electron chi connectivity index (χ3n) is 6.26. The SMILES string of the molecule is COc1ccc(CNc2nc(C)c(-c3ccn(C4Cc5ccccc5C4)n3)s2)c(OC)c1OC. The van der Waals surface area contributed by atoms with E-state index in [-0.39, 0.29) is 0 Å². The highest BCUT2D eigenvalue weighted by atomic mass is 32.1. The van der Waals surface area contributed by atoms with Gasteiger partial charge in [-0.3, -0.25) is 4.68 Å². The van der Waals surface area contributed by atoms with E-state index in [0.29, 0.717) is 29.8 Å². The number of hydrogen-bond donors (Lipinski definition) is 1. The molecule has 34 heavy (non-hydrogen) atoms. The van der Waals surface area contributed by atoms with Gasteiger partial charge in [-0.05, 0) is 49.1 Å². The Morgan fingerprint density at radius 2 is 1.71 bits per heavy atom. The Morgan fingerprint density at radius 3 is 2.38 bits per heavy atom. The van der Waals surface area contributed by atoms with E-state index in [1.807, 2.05) is 19.1 Å². The predicted octanol–water partition coefficient (Wildman–Crippen LogP) is 5.29. The molecular weight excluding hydrogens is 448 g/mol. The molecule has 8 heteroatoms. The smallest absolute Gasteiger partial charge is 0.203 e. The summed E-state index contributed by atoms with van der Waals surface area (Å²) in [5.74, 6) is 1.87. The second-order valence-corrected chi connectivity index (χ2v) is 9.29. The average Bonchev–Trinajstić information content (AvgIpc) is 3.59. The summed E-state index contributed by atoms with van der Waals surface area (Å²) in [7, 11) is 4.85. The second-order valence-electron chi connectivity index (χ2n) is 8.29. The molecule has 1 aliphatic rings. The quantitative estimate of drug-likeness (QED) is 0.373. The molecule has 2 aromatic heterocycles. The van der Waals surface area contributed by atoms with Crippen LogP contribution in [0, 0.1) is 6.92 Å². The van der Waals surface area contributed by atoms with E-state index in [1.54, 1.807) is 32.7 Å². The normalized spacial score (nSPS) is 13.1. The molecule has 0 spiro atoms. The molecule has 0 amide bonds. The van der Waals surface area contributed by atoms with E-state index in [2.05, 4.69) is 46.5 Å². The number of hydrogen-bond acceptors (Lipinski definition) is 7. The lowest BCUT2D eigenvalue weighted by molar-refractivity contribution is 0.322. The van der Waals surface area contributed by atoms with Gasteiger partial charge in [-0.25, -0.2) is 4.98 Å². The molecular formula is C26H28N4O3S. The van der Waals surface area contributed by atoms with Gasteiger partial charge in [0.25, 0.3) is 0 Å². The van der Waals surface area contributed by atoms with Gasteiger partial charge in [-0.1, -0.05) is 35.6 Å². The van der Waals surface area contributed by atoms with E-state index < -0.39 is 0 Å². The summed E-state index contributed by atoms with van der Waals surface area (Å²) in [6.07, 6.45) is 4.14. The summed E-state index contributed by atoms with van der Waals surface area (Å²) in [5, 5.41) is 9.18. The molecule has 0 saturated carbocycles. The van der Waals surface area contributed by atoms with Crippen LogP contribution in [-0.4, -0.2) is 36.1 Å². The molecule has 1 aliphatic carbocycles. The number of benzene rings is 2. The Balaban J connectivity index is 1.31. The number of nitrogens with zero attached hydrogens (tertiary/aromatic N) is 3. The number of aromatic nitrogens is 3. The van der Waals surface area contributed by atoms with Crippen LogP contribution in [0.5, 0.6) is 17.2 Å². The maximum absolute atomic E-state index is 5.60. The van der Waals surface area contributed by atoms with Crippen molar-refractivity contribution in [2.75, 3.05) is 26.6 Å². The van der Waals surface area contributed by atoms with Gasteiger partial charge in [0, 0.05) is 18.3 Å². The minimum Gasteiger partial charge on any atom is -0.493 e. The summed E-state index contributed by atoms with van der Waals surface area (Å²) in [5.41, 5.74) is 5.74. The van der Waals surface area contributed by atoms with Crippen LogP contribution in [0.25, 0.3) is 10.6 Å². The van der Waals surface area contributed by atoms with Gasteiger partial charge in [-0.2, -0.15) is 5.10 Å². The average molecular weight is 477 g/mol. The predicted molar refractivity (Wildman–Crippen MR) is 134 cm³/mol. The van der Waals surface area contributed by atoms with E-state index in [4.69, 9.17) is 24.3 Å². The van der Waals surface area contributed by atoms with Gasteiger partial charge in [0.1, 0.15) is 5.69 Å². The van der Waals surface area contributed by atoms with Gasteiger partial charge in [0.15, 0.2) is 16.6 Å². The maximum Gasteiger partial charge on any atom is 0.203 e. The van der Waals surface area contributed by atoms with Crippen molar-refractivity contribution >= 4 is 16.5 Å². The first-order valence-corrected chi connectivity index (χ1v) is 12.0. The minimum atomic E-state index is 0.370. The van der Waals surface area contributed by atoms with Crippen LogP contribution < -0.4 is 19.5 Å². The Labute approximate surface area is 203 Å². The lowest BCUT2D eigenvalue weighted by Gasteiger charge is -2.15. The highest BCUT2D eigenvalue weighted by Crippen LogP contribution is 2.40. The van der Waals surface area contributed by atoms with Gasteiger partial charge < -0.3 is 19.5 Å². The van der Waals surface area contributed by atoms with Crippen molar-refractivity contribution in [3.8, 4) is 27.8 Å². The topological polar surface area (TPSA) is 70.4 Å². The summed E-state index contributed by atoms with van der Waals surface area (Å²) in [4.78, 5) is 5.81. The minimum absolute atomic E-state index is 0.370. The van der Waals surface area contributed by atoms with E-state index >= 15 is 0 Å². The first kappa shape index (κ1) is 22.3. The molecule has 4 aromatic rings. The molecule has 2 aromatic carbocycles. The molecule has 0 saturated heterocycles. The lowest BCUT2D eigenvalue weighted by atomic mass is 10.1. The third-order valence-corrected chi connectivity index (χ3v) is 7.39. The molecule has 0 atom stereocenters. The zero-order valence-corrected chi connectivity index (χ0v) is 20.6. The van der Waals surface area contributed by atoms with E-state index in [9.17, 15) is 0 Å². The first-order chi connectivity index (χ1) is 16.6. The summed E-state index contributed by atoms with van der Waals surface area (Å²) >= 11 is 1.61. The van der Waals surface area contributed by atoms with Crippen molar-refractivity contribution in [1.29, 1.82) is 0 Å². The van der Waals surface area contributed by atoms with Crippen molar-refractivity contribution < 1.29 is 14.2 Å². The monoisotopic (exact) mass is 476 g/mol. The maximum atomic E-state index is 5.60. The molecule has 7 nitrogen and oxygen atoms in total. The summed E-state index contributed by atoms with van der Waals surface area (Å²) in [6.45, 7) is 2.57. The van der Waals surface area contributed by atoms with Crippen LogP contribution in [0.1, 0.15) is 28.4 Å². The number of anilines is 1. The Hall–Kier alpha value is -3.52. The van der Waals surface area contributed by atoms with Crippen LogP contribution in [0.4, 0.5) is 5.13 Å². The van der Waals surface area contributed by atoms with Crippen LogP contribution in [-0.2, 0) is 19.4 Å². The Kier molecular flexibility index (Phi) is 6.15. The molecule has 0 bridgehead atoms. The van der Waals surface area contributed by atoms with Gasteiger partial charge >= 0.3 is 0 Å². The number of rotatable bonds is 8. The number of fused-ring (bicyclic) bond motifs is 1. The standard InChI is InChI=1S/C26H28N4O3S/c1-16-25(21-11-12-30(29-21)20-13-17-7-5-6-8-18(17)14-20)34-26(28-16)27-15-19-9-10-22(31-2)24(33-4)23(19)32-3/h5-12,20H,13-15H2,1-4H3,(H,27,28). The molecule has 0 unspecified atom stereocenters. The van der Waals surface area contributed by atoms with Crippen LogP contribution in [0.15, 0.2) is 48.7 Å². The number of ether oxygens (including phenoxy) is 3. The summed E-state index contributed by atoms with van der Waals surface area (Å²) in [6, 6.07) is 15.0. The number of methoxy groups -OCH3 is 3. The molecule has 1 N–H and O–H groups in total. The van der Waals surface area contributed by atoms with Crippen molar-refractivity contribution in [3.63, 3.8) is 0 Å². The molecule has 0 aliphatic heterocycles. The zero-order chi connectivity index (χ0) is 23.7. The second kappa shape index (κ2) is 9.38. The fourth-order valence-electron chi connectivity index (χ4n) is 4.57. The van der Waals surface area contributed by atoms with Gasteiger partial charge in [-0.15, -0.1) is 0 Å². The fourth-order valence-corrected chi connectivity index (χ4v) is 5.50. The fraction of sp³-hybridized carbons (Fsp3) is 0.308. The van der Waals surface area contributed by atoms with Gasteiger partial charge in [0.05, 0.1) is 37.9 Å². The third kappa shape index (κ3) is 4.09. The Morgan fingerprint density at radius 1 is 0.971 bits per heavy atom. The highest BCUT2D eigenvalue weighted by molar-refractivity contribution is 7.19. The number of nitrogens with one attached hydrogen (secondary N) is 1. The van der Waals surface area contributed by atoms with Crippen molar-refractivity contribution in [2.24, 2.45) is 0 Å². The molecule has 2 heterocycles. The molecule has 176 valence electrons. The Bertz CT molecular complexity index is 1290. The van der Waals surface area contributed by atoms with E-state index in [1.165, 1.54) is 11.1 Å². The zero-order valence-electron chi connectivity index (χ0n) is 19.8. The van der Waals surface area contributed by atoms with Crippen molar-refractivity contribution in [3.05, 3.63) is 71.0 Å². The highest BCUT2D eigenvalue weighted by Gasteiger charge is 2.24. The molecule has 5 rings (SSSR count). The molecule has 0 radical (unpaired) electrons. The van der Waals surface area contributed by atoms with Crippen molar-refractivity contribution in [2.45, 2.75) is 32.4 Å². The summed E-state index contributed by atoms with van der Waals surface area (Å²) < 4.78 is 18.6. The molecule has 0 fully saturated rings. The van der Waals surface area contributed by atoms with Crippen LogP contribution in [0.3, 0.4) is 0 Å². The van der Waals surface area contributed by atoms with Crippen molar-refractivity contribution in [1.82, 2.24) is 14.8 Å². The largest absolute Gasteiger partial charge is 0.493 e. The lowest BCUT2D eigenvalue weighted by Crippen LogP contribution is -2.09. The number of aryl methyl sites for hydroxylation is 1. The van der Waals surface area contributed by atoms with Crippen LogP contribution in [0.2, 0.25) is 0 Å². The first-order valence-electron chi connectivity index (χ1n) is 11.2.